The molecule has 3 rings (SSSR count). The number of rotatable bonds is 3. The van der Waals surface area contributed by atoms with Crippen molar-refractivity contribution in [1.82, 2.24) is 19.4 Å². The summed E-state index contributed by atoms with van der Waals surface area (Å²) in [5.41, 5.74) is -0.0644. The normalized spacial score (nSPS) is 19.7. The Hall–Kier alpha value is -1.73. The highest BCUT2D eigenvalue weighted by molar-refractivity contribution is 7.16. The molecule has 1 atom stereocenters. The summed E-state index contributed by atoms with van der Waals surface area (Å²) in [5.74, 6) is 0.109. The Morgan fingerprint density at radius 2 is 2.27 bits per heavy atom. The van der Waals surface area contributed by atoms with Crippen molar-refractivity contribution in [3.63, 3.8) is 0 Å². The van der Waals surface area contributed by atoms with Crippen LogP contribution in [0.25, 0.3) is 10.2 Å². The van der Waals surface area contributed by atoms with Crippen LogP contribution in [0.3, 0.4) is 0 Å². The molecule has 1 amide bonds. The first-order valence-corrected chi connectivity index (χ1v) is 8.35. The van der Waals surface area contributed by atoms with Gasteiger partial charge in [0.1, 0.15) is 4.83 Å². The zero-order valence-corrected chi connectivity index (χ0v) is 13.7. The highest BCUT2D eigenvalue weighted by Crippen LogP contribution is 2.14. The summed E-state index contributed by atoms with van der Waals surface area (Å²) < 4.78 is 1.54. The smallest absolute Gasteiger partial charge is 0.262 e. The number of amides is 1. The molecule has 6 nitrogen and oxygen atoms in total. The van der Waals surface area contributed by atoms with Gasteiger partial charge in [0.05, 0.1) is 11.7 Å². The standard InChI is InChI=1S/C15H20N4O2S/c1-11-9-17(2)6-7-19(11)13(20)3-5-18-10-16-14-12(15(18)21)4-8-22-14/h4,8,10-11H,3,5-7,9H2,1-2H3/t11-/m1/s1. The predicted molar refractivity (Wildman–Crippen MR) is 87.2 cm³/mol. The third-order valence-electron chi connectivity index (χ3n) is 4.17. The van der Waals surface area contributed by atoms with Crippen LogP contribution in [0.5, 0.6) is 0 Å². The Morgan fingerprint density at radius 3 is 3.05 bits per heavy atom. The Bertz CT molecular complexity index is 738. The first-order valence-electron chi connectivity index (χ1n) is 7.47. The zero-order valence-electron chi connectivity index (χ0n) is 12.9. The first kappa shape index (κ1) is 15.2. The van der Waals surface area contributed by atoms with Crippen LogP contribution >= 0.6 is 11.3 Å². The minimum Gasteiger partial charge on any atom is -0.337 e. The van der Waals surface area contributed by atoms with Gasteiger partial charge in [0, 0.05) is 38.6 Å². The van der Waals surface area contributed by atoms with Crippen molar-refractivity contribution in [3.05, 3.63) is 28.1 Å². The van der Waals surface area contributed by atoms with Crippen LogP contribution < -0.4 is 5.56 Å². The summed E-state index contributed by atoms with van der Waals surface area (Å²) in [6.07, 6.45) is 1.88. The third-order valence-corrected chi connectivity index (χ3v) is 4.99. The molecule has 118 valence electrons. The molecule has 0 aromatic carbocycles. The largest absolute Gasteiger partial charge is 0.337 e. The maximum Gasteiger partial charge on any atom is 0.262 e. The van der Waals surface area contributed by atoms with Gasteiger partial charge in [0.25, 0.3) is 5.56 Å². The Morgan fingerprint density at radius 1 is 1.45 bits per heavy atom. The van der Waals surface area contributed by atoms with Crippen molar-refractivity contribution >= 4 is 27.5 Å². The van der Waals surface area contributed by atoms with Crippen LogP contribution in [0.2, 0.25) is 0 Å². The van der Waals surface area contributed by atoms with E-state index in [0.717, 1.165) is 24.5 Å². The molecule has 1 fully saturated rings. The molecule has 1 aliphatic rings. The van der Waals surface area contributed by atoms with E-state index >= 15 is 0 Å². The number of aryl methyl sites for hydroxylation is 1. The van der Waals surface area contributed by atoms with Crippen LogP contribution in [-0.4, -0.2) is 58.0 Å². The van der Waals surface area contributed by atoms with Gasteiger partial charge in [0.15, 0.2) is 0 Å². The summed E-state index contributed by atoms with van der Waals surface area (Å²) in [7, 11) is 2.07. The Labute approximate surface area is 133 Å². The molecule has 2 aromatic heterocycles. The Kier molecular flexibility index (Phi) is 4.26. The van der Waals surface area contributed by atoms with Crippen LogP contribution in [0.4, 0.5) is 0 Å². The van der Waals surface area contributed by atoms with Crippen molar-refractivity contribution in [2.24, 2.45) is 0 Å². The average Bonchev–Trinajstić information content (AvgIpc) is 2.95. The minimum atomic E-state index is -0.0644. The topological polar surface area (TPSA) is 58.4 Å². The van der Waals surface area contributed by atoms with Gasteiger partial charge >= 0.3 is 0 Å². The lowest BCUT2D eigenvalue weighted by Crippen LogP contribution is -2.52. The van der Waals surface area contributed by atoms with Gasteiger partial charge in [-0.3, -0.25) is 14.2 Å². The summed E-state index contributed by atoms with van der Waals surface area (Å²) in [6, 6.07) is 2.01. The fourth-order valence-electron chi connectivity index (χ4n) is 2.92. The van der Waals surface area contributed by atoms with E-state index in [1.165, 1.54) is 15.9 Å². The molecule has 0 aliphatic carbocycles. The number of likely N-dealkylation sites (N-methyl/N-ethyl adjacent to an activating group) is 1. The Balaban J connectivity index is 1.67. The average molecular weight is 320 g/mol. The molecule has 2 aromatic rings. The molecule has 3 heterocycles. The van der Waals surface area contributed by atoms with Gasteiger partial charge < -0.3 is 9.80 Å². The second kappa shape index (κ2) is 6.18. The highest BCUT2D eigenvalue weighted by Gasteiger charge is 2.25. The van der Waals surface area contributed by atoms with Crippen LogP contribution in [0.1, 0.15) is 13.3 Å². The van der Waals surface area contributed by atoms with Gasteiger partial charge in [-0.25, -0.2) is 4.98 Å². The number of hydrogen-bond acceptors (Lipinski definition) is 5. The molecule has 0 spiro atoms. The number of thiophene rings is 1. The predicted octanol–water partition coefficient (Wildman–Crippen LogP) is 1.01. The van der Waals surface area contributed by atoms with Crippen molar-refractivity contribution < 1.29 is 4.79 Å². The lowest BCUT2D eigenvalue weighted by molar-refractivity contribution is -0.135. The van der Waals surface area contributed by atoms with E-state index < -0.39 is 0 Å². The SMILES string of the molecule is C[C@@H]1CN(C)CCN1C(=O)CCn1cnc2sccc2c1=O. The molecule has 0 N–H and O–H groups in total. The van der Waals surface area contributed by atoms with Gasteiger partial charge in [-0.1, -0.05) is 0 Å². The fraction of sp³-hybridized carbons (Fsp3) is 0.533. The molecule has 0 radical (unpaired) electrons. The second-order valence-corrected chi connectivity index (χ2v) is 6.73. The summed E-state index contributed by atoms with van der Waals surface area (Å²) >= 11 is 1.45. The molecule has 1 aliphatic heterocycles. The quantitative estimate of drug-likeness (QED) is 0.847. The number of aromatic nitrogens is 2. The van der Waals surface area contributed by atoms with Crippen molar-refractivity contribution in [2.75, 3.05) is 26.7 Å². The van der Waals surface area contributed by atoms with E-state index in [-0.39, 0.29) is 17.5 Å². The van der Waals surface area contributed by atoms with E-state index in [4.69, 9.17) is 0 Å². The van der Waals surface area contributed by atoms with Gasteiger partial charge in [-0.2, -0.15) is 0 Å². The van der Waals surface area contributed by atoms with Gasteiger partial charge in [-0.15, -0.1) is 11.3 Å². The maximum atomic E-state index is 12.4. The molecule has 22 heavy (non-hydrogen) atoms. The summed E-state index contributed by atoms with van der Waals surface area (Å²) in [4.78, 5) is 33.8. The molecule has 0 saturated carbocycles. The number of fused-ring (bicyclic) bond motifs is 1. The van der Waals surface area contributed by atoms with E-state index in [2.05, 4.69) is 23.9 Å². The number of carbonyl (C=O) groups is 1. The molecular weight excluding hydrogens is 300 g/mol. The van der Waals surface area contributed by atoms with Crippen LogP contribution in [0.15, 0.2) is 22.6 Å². The van der Waals surface area contributed by atoms with E-state index in [0.29, 0.717) is 18.4 Å². The van der Waals surface area contributed by atoms with E-state index in [1.54, 1.807) is 12.4 Å². The number of carbonyl (C=O) groups excluding carboxylic acids is 1. The lowest BCUT2D eigenvalue weighted by Gasteiger charge is -2.38. The zero-order chi connectivity index (χ0) is 15.7. The number of piperazine rings is 1. The number of nitrogens with zero attached hydrogens (tertiary/aromatic N) is 4. The third kappa shape index (κ3) is 2.91. The first-order chi connectivity index (χ1) is 10.6. The highest BCUT2D eigenvalue weighted by atomic mass is 32.1. The van der Waals surface area contributed by atoms with Gasteiger partial charge in [-0.05, 0) is 25.4 Å². The van der Waals surface area contributed by atoms with Crippen LogP contribution in [0, 0.1) is 0 Å². The summed E-state index contributed by atoms with van der Waals surface area (Å²) in [5, 5.41) is 2.49. The monoisotopic (exact) mass is 320 g/mol. The minimum absolute atomic E-state index is 0.0644. The molecule has 1 saturated heterocycles. The van der Waals surface area contributed by atoms with Crippen LogP contribution in [-0.2, 0) is 11.3 Å². The fourth-order valence-corrected chi connectivity index (χ4v) is 3.65. The second-order valence-electron chi connectivity index (χ2n) is 5.83. The molecule has 0 unspecified atom stereocenters. The lowest BCUT2D eigenvalue weighted by atomic mass is 10.2. The molecule has 7 heteroatoms. The van der Waals surface area contributed by atoms with E-state index in [1.807, 2.05) is 10.3 Å². The number of hydrogen-bond donors (Lipinski definition) is 0. The van der Waals surface area contributed by atoms with Crippen molar-refractivity contribution in [1.29, 1.82) is 0 Å². The van der Waals surface area contributed by atoms with Crippen molar-refractivity contribution in [3.8, 4) is 0 Å². The summed E-state index contributed by atoms with van der Waals surface area (Å²) in [6.45, 7) is 5.01. The maximum absolute atomic E-state index is 12.4. The molecule has 0 bridgehead atoms. The molecular formula is C15H20N4O2S. The van der Waals surface area contributed by atoms with E-state index in [9.17, 15) is 9.59 Å². The van der Waals surface area contributed by atoms with Crippen molar-refractivity contribution in [2.45, 2.75) is 25.9 Å². The van der Waals surface area contributed by atoms with Gasteiger partial charge in [0.2, 0.25) is 5.91 Å².